The molecule has 1 amide bonds. The Morgan fingerprint density at radius 1 is 1.32 bits per heavy atom. The second kappa shape index (κ2) is 7.10. The molecule has 0 unspecified atom stereocenters. The minimum atomic E-state index is -0.468. The van der Waals surface area contributed by atoms with Crippen LogP contribution in [0.3, 0.4) is 0 Å². The molecule has 0 saturated carbocycles. The average Bonchev–Trinajstić information content (AvgIpc) is 2.46. The summed E-state index contributed by atoms with van der Waals surface area (Å²) in [5.74, 6) is 0.586. The number of aliphatic hydroxyl groups excluding tert-OH is 1. The Morgan fingerprint density at radius 2 is 1.89 bits per heavy atom. The van der Waals surface area contributed by atoms with Gasteiger partial charge in [-0.05, 0) is 65.6 Å². The first-order valence-electron chi connectivity index (χ1n) is 7.08. The van der Waals surface area contributed by atoms with Crippen molar-refractivity contribution in [3.63, 3.8) is 0 Å². The second-order valence-electron chi connectivity index (χ2n) is 6.47. The molecule has 0 radical (unpaired) electrons. The van der Waals surface area contributed by atoms with Crippen molar-refractivity contribution in [2.45, 2.75) is 39.2 Å². The van der Waals surface area contributed by atoms with Crippen LogP contribution in [0.25, 0.3) is 0 Å². The van der Waals surface area contributed by atoms with E-state index in [1.165, 1.54) is 0 Å². The number of hydrogen-bond donors (Lipinski definition) is 2. The summed E-state index contributed by atoms with van der Waals surface area (Å²) in [6.07, 6.45) is 1.60. The van der Waals surface area contributed by atoms with E-state index in [0.717, 1.165) is 25.9 Å². The number of likely N-dealkylation sites (tertiary alicyclic amines) is 1. The third-order valence-corrected chi connectivity index (χ3v) is 3.57. The lowest BCUT2D eigenvalue weighted by atomic mass is 9.88. The summed E-state index contributed by atoms with van der Waals surface area (Å²) in [7, 11) is 2.10. The zero-order valence-electron chi connectivity index (χ0n) is 12.6. The molecule has 5 nitrogen and oxygen atoms in total. The van der Waals surface area contributed by atoms with Gasteiger partial charge in [-0.3, -0.25) is 0 Å². The van der Waals surface area contributed by atoms with Crippen molar-refractivity contribution < 1.29 is 14.6 Å². The zero-order valence-corrected chi connectivity index (χ0v) is 12.6. The van der Waals surface area contributed by atoms with Gasteiger partial charge in [0.1, 0.15) is 5.60 Å². The SMILES string of the molecule is CN1CC[C@@H](CO)[C@H](CNC(=O)OC(C)(C)C)CC1. The fourth-order valence-electron chi connectivity index (χ4n) is 2.39. The van der Waals surface area contributed by atoms with E-state index in [9.17, 15) is 9.90 Å². The number of nitrogens with zero attached hydrogens (tertiary/aromatic N) is 1. The van der Waals surface area contributed by atoms with Gasteiger partial charge in [0.25, 0.3) is 0 Å². The van der Waals surface area contributed by atoms with Crippen LogP contribution in [0.2, 0.25) is 0 Å². The normalized spacial score (nSPS) is 25.7. The number of amides is 1. The van der Waals surface area contributed by atoms with Crippen molar-refractivity contribution in [3.05, 3.63) is 0 Å². The molecule has 2 N–H and O–H groups in total. The minimum absolute atomic E-state index is 0.189. The van der Waals surface area contributed by atoms with Gasteiger partial charge in [-0.15, -0.1) is 0 Å². The molecule has 0 aromatic heterocycles. The smallest absolute Gasteiger partial charge is 0.407 e. The van der Waals surface area contributed by atoms with Crippen LogP contribution in [0.15, 0.2) is 0 Å². The van der Waals surface area contributed by atoms with Gasteiger partial charge >= 0.3 is 6.09 Å². The molecule has 2 atom stereocenters. The summed E-state index contributed by atoms with van der Waals surface area (Å²) < 4.78 is 5.23. The summed E-state index contributed by atoms with van der Waals surface area (Å²) in [5, 5.41) is 12.3. The van der Waals surface area contributed by atoms with Gasteiger partial charge < -0.3 is 20.1 Å². The molecule has 0 aliphatic carbocycles. The summed E-state index contributed by atoms with van der Waals surface area (Å²) >= 11 is 0. The number of alkyl carbamates (subject to hydrolysis) is 1. The number of rotatable bonds is 3. The van der Waals surface area contributed by atoms with E-state index < -0.39 is 5.60 Å². The maximum Gasteiger partial charge on any atom is 0.407 e. The van der Waals surface area contributed by atoms with Gasteiger partial charge in [0.05, 0.1) is 0 Å². The number of carbonyl (C=O) groups is 1. The second-order valence-corrected chi connectivity index (χ2v) is 6.47. The molecule has 112 valence electrons. The molecule has 1 saturated heterocycles. The van der Waals surface area contributed by atoms with E-state index in [-0.39, 0.29) is 18.6 Å². The monoisotopic (exact) mass is 272 g/mol. The lowest BCUT2D eigenvalue weighted by Crippen LogP contribution is -2.37. The van der Waals surface area contributed by atoms with Crippen LogP contribution in [-0.4, -0.2) is 55.0 Å². The standard InChI is InChI=1S/C14H28N2O3/c1-14(2,3)19-13(18)15-9-11-5-7-16(4)8-6-12(11)10-17/h11-12,17H,5-10H2,1-4H3,(H,15,18)/t11-,12-/m0/s1. The van der Waals surface area contributed by atoms with Crippen molar-refractivity contribution in [2.24, 2.45) is 11.8 Å². The summed E-state index contributed by atoms with van der Waals surface area (Å²) in [6, 6.07) is 0. The molecular formula is C14H28N2O3. The molecule has 19 heavy (non-hydrogen) atoms. The number of ether oxygens (including phenoxy) is 1. The van der Waals surface area contributed by atoms with Gasteiger partial charge in [-0.25, -0.2) is 4.79 Å². The molecule has 5 heteroatoms. The number of hydrogen-bond acceptors (Lipinski definition) is 4. The van der Waals surface area contributed by atoms with Gasteiger partial charge in [-0.1, -0.05) is 0 Å². The third-order valence-electron chi connectivity index (χ3n) is 3.57. The molecule has 1 rings (SSSR count). The first-order valence-corrected chi connectivity index (χ1v) is 7.08. The van der Waals surface area contributed by atoms with Crippen LogP contribution in [-0.2, 0) is 4.74 Å². The zero-order chi connectivity index (χ0) is 14.5. The van der Waals surface area contributed by atoms with Gasteiger partial charge in [0, 0.05) is 13.2 Å². The summed E-state index contributed by atoms with van der Waals surface area (Å²) in [5.41, 5.74) is -0.468. The van der Waals surface area contributed by atoms with Crippen molar-refractivity contribution in [1.29, 1.82) is 0 Å². The summed E-state index contributed by atoms with van der Waals surface area (Å²) in [6.45, 7) is 8.34. The van der Waals surface area contributed by atoms with E-state index in [0.29, 0.717) is 12.5 Å². The van der Waals surface area contributed by atoms with Crippen molar-refractivity contribution in [2.75, 3.05) is 33.3 Å². The van der Waals surface area contributed by atoms with E-state index in [1.807, 2.05) is 20.8 Å². The highest BCUT2D eigenvalue weighted by atomic mass is 16.6. The highest BCUT2D eigenvalue weighted by molar-refractivity contribution is 5.67. The fourth-order valence-corrected chi connectivity index (χ4v) is 2.39. The number of nitrogens with one attached hydrogen (secondary N) is 1. The first-order chi connectivity index (χ1) is 8.81. The fraction of sp³-hybridized carbons (Fsp3) is 0.929. The maximum atomic E-state index is 11.6. The molecule has 1 fully saturated rings. The van der Waals surface area contributed by atoms with Crippen molar-refractivity contribution in [1.82, 2.24) is 10.2 Å². The number of carbonyl (C=O) groups excluding carboxylic acids is 1. The lowest BCUT2D eigenvalue weighted by Gasteiger charge is -2.25. The Kier molecular flexibility index (Phi) is 6.07. The third kappa shape index (κ3) is 6.25. The average molecular weight is 272 g/mol. The molecule has 0 spiro atoms. The largest absolute Gasteiger partial charge is 0.444 e. The van der Waals surface area contributed by atoms with Gasteiger partial charge in [-0.2, -0.15) is 0 Å². The minimum Gasteiger partial charge on any atom is -0.444 e. The topological polar surface area (TPSA) is 61.8 Å². The molecule has 1 heterocycles. The quantitative estimate of drug-likeness (QED) is 0.816. The summed E-state index contributed by atoms with van der Waals surface area (Å²) in [4.78, 5) is 13.9. The Balaban J connectivity index is 2.43. The number of aliphatic hydroxyl groups is 1. The van der Waals surface area contributed by atoms with E-state index in [2.05, 4.69) is 17.3 Å². The Labute approximate surface area is 116 Å². The van der Waals surface area contributed by atoms with Gasteiger partial charge in [0.15, 0.2) is 0 Å². The van der Waals surface area contributed by atoms with E-state index in [1.54, 1.807) is 0 Å². The molecule has 1 aliphatic rings. The first kappa shape index (κ1) is 16.2. The van der Waals surface area contributed by atoms with Crippen LogP contribution in [0.5, 0.6) is 0 Å². The predicted molar refractivity (Wildman–Crippen MR) is 75.0 cm³/mol. The van der Waals surface area contributed by atoms with Crippen molar-refractivity contribution >= 4 is 6.09 Å². The van der Waals surface area contributed by atoms with Crippen LogP contribution in [0, 0.1) is 11.8 Å². The van der Waals surface area contributed by atoms with Crippen LogP contribution >= 0.6 is 0 Å². The Bertz CT molecular complexity index is 289. The Hall–Kier alpha value is -0.810. The van der Waals surface area contributed by atoms with E-state index >= 15 is 0 Å². The maximum absolute atomic E-state index is 11.6. The molecule has 0 aromatic rings. The van der Waals surface area contributed by atoms with Crippen LogP contribution in [0.1, 0.15) is 33.6 Å². The molecule has 0 aromatic carbocycles. The van der Waals surface area contributed by atoms with Crippen LogP contribution < -0.4 is 5.32 Å². The van der Waals surface area contributed by atoms with Crippen molar-refractivity contribution in [3.8, 4) is 0 Å². The van der Waals surface area contributed by atoms with Crippen LogP contribution in [0.4, 0.5) is 4.79 Å². The molecular weight excluding hydrogens is 244 g/mol. The highest BCUT2D eigenvalue weighted by Gasteiger charge is 2.26. The molecule has 1 aliphatic heterocycles. The Morgan fingerprint density at radius 3 is 2.42 bits per heavy atom. The molecule has 0 bridgehead atoms. The van der Waals surface area contributed by atoms with Gasteiger partial charge in [0.2, 0.25) is 0 Å². The lowest BCUT2D eigenvalue weighted by molar-refractivity contribution is 0.0505. The highest BCUT2D eigenvalue weighted by Crippen LogP contribution is 2.23. The van der Waals surface area contributed by atoms with E-state index in [4.69, 9.17) is 4.74 Å². The predicted octanol–water partition coefficient (Wildman–Crippen LogP) is 1.46.